The summed E-state index contributed by atoms with van der Waals surface area (Å²) in [5.74, 6) is -0.465. The Morgan fingerprint density at radius 1 is 1.11 bits per heavy atom. The predicted molar refractivity (Wildman–Crippen MR) is 72.5 cm³/mol. The largest absolute Gasteiger partial charge is 0.355 e. The zero-order valence-corrected chi connectivity index (χ0v) is 11.6. The maximum Gasteiger partial charge on any atom is 0.237 e. The van der Waals surface area contributed by atoms with Gasteiger partial charge in [0.15, 0.2) is 0 Å². The summed E-state index contributed by atoms with van der Waals surface area (Å²) in [6.45, 7) is 2.29. The van der Waals surface area contributed by atoms with E-state index in [1.165, 1.54) is 6.92 Å². The Morgan fingerprint density at radius 3 is 2.37 bits per heavy atom. The summed E-state index contributed by atoms with van der Waals surface area (Å²) in [7, 11) is 1.71. The monoisotopic (exact) mass is 272 g/mol. The van der Waals surface area contributed by atoms with Crippen LogP contribution in [0.1, 0.15) is 26.2 Å². The lowest BCUT2D eigenvalue weighted by molar-refractivity contribution is -0.125. The molecule has 0 unspecified atom stereocenters. The molecular formula is C12H24N4O3. The first-order chi connectivity index (χ1) is 8.97. The van der Waals surface area contributed by atoms with E-state index < -0.39 is 6.04 Å². The Labute approximate surface area is 113 Å². The van der Waals surface area contributed by atoms with Crippen LogP contribution < -0.4 is 21.7 Å². The van der Waals surface area contributed by atoms with Gasteiger partial charge in [-0.1, -0.05) is 0 Å². The highest BCUT2D eigenvalue weighted by Gasteiger charge is 2.12. The average Bonchev–Trinajstić information content (AvgIpc) is 2.35. The van der Waals surface area contributed by atoms with Crippen LogP contribution in [0.25, 0.3) is 0 Å². The van der Waals surface area contributed by atoms with Crippen LogP contribution in [0.3, 0.4) is 0 Å². The highest BCUT2D eigenvalue weighted by atomic mass is 16.2. The van der Waals surface area contributed by atoms with Crippen LogP contribution in [0.2, 0.25) is 0 Å². The lowest BCUT2D eigenvalue weighted by Crippen LogP contribution is -2.42. The average molecular weight is 272 g/mol. The fourth-order valence-corrected chi connectivity index (χ4v) is 1.41. The molecule has 7 heteroatoms. The van der Waals surface area contributed by atoms with Gasteiger partial charge in [-0.25, -0.2) is 0 Å². The van der Waals surface area contributed by atoms with Crippen molar-refractivity contribution in [1.82, 2.24) is 16.0 Å². The van der Waals surface area contributed by atoms with Gasteiger partial charge >= 0.3 is 0 Å². The summed E-state index contributed by atoms with van der Waals surface area (Å²) in [5, 5.41) is 7.96. The van der Waals surface area contributed by atoms with Gasteiger partial charge in [-0.05, 0) is 33.2 Å². The fraction of sp³-hybridized carbons (Fsp3) is 0.750. The van der Waals surface area contributed by atoms with Crippen LogP contribution in [0.5, 0.6) is 0 Å². The Balaban J connectivity index is 3.57. The second kappa shape index (κ2) is 10.5. The fourth-order valence-electron chi connectivity index (χ4n) is 1.41. The van der Waals surface area contributed by atoms with Gasteiger partial charge in [-0.2, -0.15) is 0 Å². The molecule has 0 rings (SSSR count). The third-order valence-electron chi connectivity index (χ3n) is 2.45. The minimum Gasteiger partial charge on any atom is -0.355 e. The van der Waals surface area contributed by atoms with Crippen molar-refractivity contribution in [2.24, 2.45) is 5.73 Å². The van der Waals surface area contributed by atoms with Crippen molar-refractivity contribution in [1.29, 1.82) is 0 Å². The molecule has 0 saturated heterocycles. The molecule has 1 atom stereocenters. The number of Topliss-reactive ketones (excluding diaryl/α,β-unsaturated/α-hetero) is 1. The van der Waals surface area contributed by atoms with E-state index in [0.29, 0.717) is 19.5 Å². The molecule has 7 nitrogen and oxygen atoms in total. The molecule has 0 spiro atoms. The molecule has 5 N–H and O–H groups in total. The van der Waals surface area contributed by atoms with Gasteiger partial charge in [0.1, 0.15) is 5.78 Å². The smallest absolute Gasteiger partial charge is 0.237 e. The summed E-state index contributed by atoms with van der Waals surface area (Å²) >= 11 is 0. The molecule has 110 valence electrons. The quantitative estimate of drug-likeness (QED) is 0.362. The van der Waals surface area contributed by atoms with Gasteiger partial charge in [0.2, 0.25) is 11.8 Å². The normalized spacial score (nSPS) is 11.7. The van der Waals surface area contributed by atoms with Crippen molar-refractivity contribution in [3.8, 4) is 0 Å². The lowest BCUT2D eigenvalue weighted by Gasteiger charge is -2.11. The van der Waals surface area contributed by atoms with Gasteiger partial charge in [-0.15, -0.1) is 0 Å². The zero-order valence-electron chi connectivity index (χ0n) is 11.6. The van der Waals surface area contributed by atoms with Crippen LogP contribution in [-0.4, -0.2) is 50.3 Å². The van der Waals surface area contributed by atoms with Gasteiger partial charge in [0.25, 0.3) is 0 Å². The number of carbonyl (C=O) groups is 3. The van der Waals surface area contributed by atoms with Crippen molar-refractivity contribution >= 4 is 17.6 Å². The molecule has 2 amide bonds. The molecule has 0 heterocycles. The molecule has 0 aliphatic heterocycles. The number of unbranched alkanes of at least 4 members (excludes halogenated alkanes) is 1. The van der Waals surface area contributed by atoms with Crippen LogP contribution in [-0.2, 0) is 14.4 Å². The van der Waals surface area contributed by atoms with Crippen molar-refractivity contribution in [3.63, 3.8) is 0 Å². The Morgan fingerprint density at radius 2 is 1.79 bits per heavy atom. The number of hydrogen-bond donors (Lipinski definition) is 4. The molecule has 0 aliphatic carbocycles. The Bertz CT molecular complexity index is 307. The van der Waals surface area contributed by atoms with E-state index in [4.69, 9.17) is 5.73 Å². The van der Waals surface area contributed by atoms with Crippen LogP contribution >= 0.6 is 0 Å². The van der Waals surface area contributed by atoms with Crippen molar-refractivity contribution in [2.75, 3.05) is 26.7 Å². The third-order valence-corrected chi connectivity index (χ3v) is 2.45. The highest BCUT2D eigenvalue weighted by molar-refractivity contribution is 5.87. The predicted octanol–water partition coefficient (Wildman–Crippen LogP) is -1.48. The van der Waals surface area contributed by atoms with Gasteiger partial charge in [0, 0.05) is 6.54 Å². The van der Waals surface area contributed by atoms with E-state index >= 15 is 0 Å². The molecule has 0 aromatic heterocycles. The van der Waals surface area contributed by atoms with Crippen LogP contribution in [0.15, 0.2) is 0 Å². The van der Waals surface area contributed by atoms with Gasteiger partial charge in [0.05, 0.1) is 19.1 Å². The SMILES string of the molecule is CNCC(=O)NCCCC[C@H](N)C(=O)NCC(C)=O. The van der Waals surface area contributed by atoms with Crippen molar-refractivity contribution in [2.45, 2.75) is 32.2 Å². The molecule has 0 radical (unpaired) electrons. The first-order valence-corrected chi connectivity index (χ1v) is 6.41. The van der Waals surface area contributed by atoms with E-state index in [0.717, 1.165) is 12.8 Å². The standard InChI is InChI=1S/C12H24N4O3/c1-9(17)7-16-12(19)10(13)5-3-4-6-15-11(18)8-14-2/h10,14H,3-8,13H2,1-2H3,(H,15,18)(H,16,19)/t10-/m0/s1. The third kappa shape index (κ3) is 10.2. The van der Waals surface area contributed by atoms with Crippen LogP contribution in [0.4, 0.5) is 0 Å². The number of rotatable bonds is 10. The summed E-state index contributed by atoms with van der Waals surface area (Å²) < 4.78 is 0. The lowest BCUT2D eigenvalue weighted by atomic mass is 10.1. The maximum absolute atomic E-state index is 11.4. The van der Waals surface area contributed by atoms with E-state index in [-0.39, 0.29) is 24.1 Å². The first kappa shape index (κ1) is 17.5. The van der Waals surface area contributed by atoms with Gasteiger partial charge < -0.3 is 21.7 Å². The Hall–Kier alpha value is -1.47. The number of amides is 2. The molecule has 0 saturated carbocycles. The highest BCUT2D eigenvalue weighted by Crippen LogP contribution is 1.98. The number of likely N-dealkylation sites (N-methyl/N-ethyl adjacent to an activating group) is 1. The molecule has 0 aromatic carbocycles. The molecule has 0 aliphatic rings. The minimum absolute atomic E-state index is 0.0204. The van der Waals surface area contributed by atoms with Gasteiger partial charge in [-0.3, -0.25) is 14.4 Å². The molecule has 0 fully saturated rings. The number of ketones is 1. The second-order valence-electron chi connectivity index (χ2n) is 4.40. The Kier molecular flexibility index (Phi) is 9.64. The van der Waals surface area contributed by atoms with E-state index in [2.05, 4.69) is 16.0 Å². The summed E-state index contributed by atoms with van der Waals surface area (Å²) in [5.41, 5.74) is 5.67. The summed E-state index contributed by atoms with van der Waals surface area (Å²) in [6, 6.07) is -0.604. The maximum atomic E-state index is 11.4. The number of nitrogens with one attached hydrogen (secondary N) is 3. The number of carbonyl (C=O) groups excluding carboxylic acids is 3. The molecular weight excluding hydrogens is 248 g/mol. The molecule has 0 bridgehead atoms. The second-order valence-corrected chi connectivity index (χ2v) is 4.40. The summed E-state index contributed by atoms with van der Waals surface area (Å²) in [4.78, 5) is 33.2. The number of nitrogens with two attached hydrogens (primary N) is 1. The summed E-state index contributed by atoms with van der Waals surface area (Å²) in [6.07, 6.45) is 2.04. The van der Waals surface area contributed by atoms with Crippen molar-refractivity contribution in [3.05, 3.63) is 0 Å². The van der Waals surface area contributed by atoms with E-state index in [1.807, 2.05) is 0 Å². The van der Waals surface area contributed by atoms with Crippen LogP contribution in [0, 0.1) is 0 Å². The zero-order chi connectivity index (χ0) is 14.7. The minimum atomic E-state index is -0.604. The molecule has 0 aromatic rings. The topological polar surface area (TPSA) is 113 Å². The van der Waals surface area contributed by atoms with E-state index in [1.54, 1.807) is 7.05 Å². The van der Waals surface area contributed by atoms with E-state index in [9.17, 15) is 14.4 Å². The molecule has 19 heavy (non-hydrogen) atoms. The first-order valence-electron chi connectivity index (χ1n) is 6.41. The van der Waals surface area contributed by atoms with Crippen molar-refractivity contribution < 1.29 is 14.4 Å². The number of hydrogen-bond acceptors (Lipinski definition) is 5.